The lowest BCUT2D eigenvalue weighted by atomic mass is 9.91. The summed E-state index contributed by atoms with van der Waals surface area (Å²) in [5.74, 6) is 0.129. The number of hydrogen-bond donors (Lipinski definition) is 0. The lowest BCUT2D eigenvalue weighted by Gasteiger charge is -2.12. The van der Waals surface area contributed by atoms with Gasteiger partial charge in [0.15, 0.2) is 5.78 Å². The Morgan fingerprint density at radius 3 is 1.67 bits per heavy atom. The number of carbonyl (C=O) groups excluding carboxylic acids is 1. The standard InChI is InChI=1S/C35H24O/c36-35-33-20-19-26(31-13-5-9-23-7-1-3-11-29(23)31)21-27(33)17-15-25-16-18-28(22-34(25)35)32-14-6-10-24-8-2-4-12-30(24)32/h1-14,16,18-22H,15,17H2. The van der Waals surface area contributed by atoms with Gasteiger partial charge in [-0.05, 0) is 73.8 Å². The highest BCUT2D eigenvalue weighted by molar-refractivity contribution is 6.12. The predicted molar refractivity (Wildman–Crippen MR) is 150 cm³/mol. The highest BCUT2D eigenvalue weighted by atomic mass is 16.1. The zero-order valence-corrected chi connectivity index (χ0v) is 19.9. The molecule has 0 fully saturated rings. The smallest absolute Gasteiger partial charge is 0.193 e. The Labute approximate surface area is 210 Å². The molecule has 6 aromatic rings. The SMILES string of the molecule is O=C1c2ccc(-c3cccc4ccccc34)cc2CCc2ccc(-c3cccc4ccccc34)cc21. The summed E-state index contributed by atoms with van der Waals surface area (Å²) in [6.07, 6.45) is 1.73. The average Bonchev–Trinajstić information content (AvgIpc) is 3.08. The summed E-state index contributed by atoms with van der Waals surface area (Å²) in [6.45, 7) is 0. The van der Waals surface area contributed by atoms with Crippen LogP contribution in [-0.2, 0) is 12.8 Å². The number of hydrogen-bond acceptors (Lipinski definition) is 1. The monoisotopic (exact) mass is 460 g/mol. The van der Waals surface area contributed by atoms with Crippen LogP contribution >= 0.6 is 0 Å². The predicted octanol–water partition coefficient (Wildman–Crippen LogP) is 8.66. The van der Waals surface area contributed by atoms with E-state index in [0.29, 0.717) is 0 Å². The van der Waals surface area contributed by atoms with Gasteiger partial charge in [0, 0.05) is 11.1 Å². The molecule has 0 aromatic heterocycles. The molecule has 0 atom stereocenters. The van der Waals surface area contributed by atoms with Crippen molar-refractivity contribution in [2.75, 3.05) is 0 Å². The largest absolute Gasteiger partial charge is 0.289 e. The van der Waals surface area contributed by atoms with Crippen LogP contribution < -0.4 is 0 Å². The highest BCUT2D eigenvalue weighted by Crippen LogP contribution is 2.35. The molecular weight excluding hydrogens is 436 g/mol. The molecule has 0 N–H and O–H groups in total. The van der Waals surface area contributed by atoms with Crippen molar-refractivity contribution in [1.82, 2.24) is 0 Å². The van der Waals surface area contributed by atoms with Crippen LogP contribution in [0.5, 0.6) is 0 Å². The topological polar surface area (TPSA) is 17.1 Å². The first-order chi connectivity index (χ1) is 17.8. The van der Waals surface area contributed by atoms with Crippen LogP contribution in [-0.4, -0.2) is 5.78 Å². The van der Waals surface area contributed by atoms with Gasteiger partial charge in [0.2, 0.25) is 0 Å². The van der Waals surface area contributed by atoms with Crippen molar-refractivity contribution in [2.24, 2.45) is 0 Å². The van der Waals surface area contributed by atoms with Crippen molar-refractivity contribution in [3.63, 3.8) is 0 Å². The molecule has 6 aromatic carbocycles. The van der Waals surface area contributed by atoms with Gasteiger partial charge < -0.3 is 0 Å². The fourth-order valence-corrected chi connectivity index (χ4v) is 5.73. The normalized spacial score (nSPS) is 12.8. The Morgan fingerprint density at radius 1 is 0.417 bits per heavy atom. The van der Waals surface area contributed by atoms with Gasteiger partial charge in [-0.15, -0.1) is 0 Å². The highest BCUT2D eigenvalue weighted by Gasteiger charge is 2.22. The molecule has 0 saturated heterocycles. The van der Waals surface area contributed by atoms with Crippen molar-refractivity contribution >= 4 is 27.3 Å². The Bertz CT molecular complexity index is 1800. The number of rotatable bonds is 2. The molecule has 1 aliphatic carbocycles. The Hall–Kier alpha value is -4.49. The minimum Gasteiger partial charge on any atom is -0.289 e. The number of carbonyl (C=O) groups is 1. The van der Waals surface area contributed by atoms with E-state index >= 15 is 0 Å². The molecule has 0 spiro atoms. The number of benzene rings is 6. The molecule has 36 heavy (non-hydrogen) atoms. The molecule has 0 unspecified atom stereocenters. The lowest BCUT2D eigenvalue weighted by molar-refractivity contribution is 0.103. The quantitative estimate of drug-likeness (QED) is 0.253. The van der Waals surface area contributed by atoms with Crippen LogP contribution in [0.1, 0.15) is 27.0 Å². The van der Waals surface area contributed by atoms with Crippen molar-refractivity contribution in [3.05, 3.63) is 144 Å². The number of ketones is 1. The second-order valence-electron chi connectivity index (χ2n) is 9.63. The van der Waals surface area contributed by atoms with Crippen molar-refractivity contribution in [1.29, 1.82) is 0 Å². The van der Waals surface area contributed by atoms with Crippen molar-refractivity contribution in [3.8, 4) is 22.3 Å². The molecule has 1 heteroatoms. The number of aryl methyl sites for hydroxylation is 2. The summed E-state index contributed by atoms with van der Waals surface area (Å²) in [4.78, 5) is 13.8. The summed E-state index contributed by atoms with van der Waals surface area (Å²) in [6, 6.07) is 42.5. The van der Waals surface area contributed by atoms with Gasteiger partial charge in [0.1, 0.15) is 0 Å². The van der Waals surface area contributed by atoms with E-state index in [0.717, 1.165) is 40.7 Å². The summed E-state index contributed by atoms with van der Waals surface area (Å²) in [5, 5.41) is 4.89. The van der Waals surface area contributed by atoms with Gasteiger partial charge in [0.25, 0.3) is 0 Å². The van der Waals surface area contributed by atoms with E-state index in [2.05, 4.69) is 115 Å². The van der Waals surface area contributed by atoms with E-state index in [1.165, 1.54) is 38.2 Å². The Kier molecular flexibility index (Phi) is 4.82. The van der Waals surface area contributed by atoms with Gasteiger partial charge in [-0.25, -0.2) is 0 Å². The first-order valence-electron chi connectivity index (χ1n) is 12.5. The van der Waals surface area contributed by atoms with E-state index in [1.807, 2.05) is 6.07 Å². The molecule has 0 bridgehead atoms. The molecule has 7 rings (SSSR count). The van der Waals surface area contributed by atoms with E-state index in [-0.39, 0.29) is 5.78 Å². The Morgan fingerprint density at radius 2 is 0.972 bits per heavy atom. The van der Waals surface area contributed by atoms with Gasteiger partial charge in [-0.3, -0.25) is 4.79 Å². The van der Waals surface area contributed by atoms with Crippen LogP contribution in [0, 0.1) is 0 Å². The fraction of sp³-hybridized carbons (Fsp3) is 0.0571. The van der Waals surface area contributed by atoms with E-state index in [4.69, 9.17) is 0 Å². The van der Waals surface area contributed by atoms with Gasteiger partial charge in [0.05, 0.1) is 0 Å². The molecule has 0 heterocycles. The minimum atomic E-state index is 0.129. The summed E-state index contributed by atoms with van der Waals surface area (Å²) in [5.41, 5.74) is 8.56. The molecule has 1 nitrogen and oxygen atoms in total. The fourth-order valence-electron chi connectivity index (χ4n) is 5.73. The first-order valence-corrected chi connectivity index (χ1v) is 12.5. The maximum absolute atomic E-state index is 13.8. The van der Waals surface area contributed by atoms with Gasteiger partial charge >= 0.3 is 0 Å². The van der Waals surface area contributed by atoms with Crippen LogP contribution in [0.4, 0.5) is 0 Å². The molecule has 170 valence electrons. The second-order valence-corrected chi connectivity index (χ2v) is 9.63. The summed E-state index contributed by atoms with van der Waals surface area (Å²) >= 11 is 0. The third kappa shape index (κ3) is 3.36. The maximum Gasteiger partial charge on any atom is 0.193 e. The third-order valence-electron chi connectivity index (χ3n) is 7.57. The first kappa shape index (κ1) is 20.8. The van der Waals surface area contributed by atoms with E-state index in [9.17, 15) is 4.79 Å². The third-order valence-corrected chi connectivity index (χ3v) is 7.57. The molecular formula is C35H24O. The average molecular weight is 461 g/mol. The van der Waals surface area contributed by atoms with Crippen LogP contribution in [0.3, 0.4) is 0 Å². The van der Waals surface area contributed by atoms with Gasteiger partial charge in [-0.2, -0.15) is 0 Å². The zero-order chi connectivity index (χ0) is 24.1. The molecule has 0 radical (unpaired) electrons. The van der Waals surface area contributed by atoms with Crippen LogP contribution in [0.25, 0.3) is 43.8 Å². The molecule has 0 aliphatic heterocycles. The summed E-state index contributed by atoms with van der Waals surface area (Å²) in [7, 11) is 0. The van der Waals surface area contributed by atoms with Gasteiger partial charge in [-0.1, -0.05) is 115 Å². The maximum atomic E-state index is 13.8. The van der Waals surface area contributed by atoms with Crippen molar-refractivity contribution in [2.45, 2.75) is 12.8 Å². The van der Waals surface area contributed by atoms with E-state index < -0.39 is 0 Å². The summed E-state index contributed by atoms with van der Waals surface area (Å²) < 4.78 is 0. The molecule has 0 saturated carbocycles. The second kappa shape index (κ2) is 8.32. The Balaban J connectivity index is 1.32. The van der Waals surface area contributed by atoms with E-state index in [1.54, 1.807) is 0 Å². The molecule has 0 amide bonds. The van der Waals surface area contributed by atoms with Crippen molar-refractivity contribution < 1.29 is 4.79 Å². The number of fused-ring (bicyclic) bond motifs is 4. The molecule has 1 aliphatic rings. The zero-order valence-electron chi connectivity index (χ0n) is 19.9. The lowest BCUT2D eigenvalue weighted by Crippen LogP contribution is -2.04. The minimum absolute atomic E-state index is 0.129. The van der Waals surface area contributed by atoms with Crippen LogP contribution in [0.2, 0.25) is 0 Å². The van der Waals surface area contributed by atoms with Crippen LogP contribution in [0.15, 0.2) is 121 Å².